The Bertz CT molecular complexity index is 1260. The van der Waals surface area contributed by atoms with E-state index < -0.39 is 0 Å². The van der Waals surface area contributed by atoms with Crippen molar-refractivity contribution in [3.05, 3.63) is 71.4 Å². The van der Waals surface area contributed by atoms with Gasteiger partial charge in [-0.15, -0.1) is 0 Å². The Hall–Kier alpha value is -2.89. The van der Waals surface area contributed by atoms with Crippen LogP contribution in [0.3, 0.4) is 0 Å². The molecule has 2 aliphatic heterocycles. The summed E-state index contributed by atoms with van der Waals surface area (Å²) in [6, 6.07) is 12.3. The van der Waals surface area contributed by atoms with Crippen molar-refractivity contribution in [3.8, 4) is 5.75 Å². The monoisotopic (exact) mass is 434 g/mol. The van der Waals surface area contributed by atoms with E-state index in [1.807, 2.05) is 17.0 Å². The summed E-state index contributed by atoms with van der Waals surface area (Å²) < 4.78 is 6.12. The van der Waals surface area contributed by atoms with Gasteiger partial charge in [-0.2, -0.15) is 0 Å². The van der Waals surface area contributed by atoms with Crippen LogP contribution in [0, 0.1) is 6.92 Å². The minimum atomic E-state index is -0.254. The Labute approximate surface area is 187 Å². The van der Waals surface area contributed by atoms with Gasteiger partial charge in [0.15, 0.2) is 5.54 Å². The Balaban J connectivity index is 1.72. The molecular weight excluding hydrogens is 410 g/mol. The molecule has 1 unspecified atom stereocenters. The third-order valence-electron chi connectivity index (χ3n) is 7.34. The predicted molar refractivity (Wildman–Crippen MR) is 125 cm³/mol. The fourth-order valence-corrected chi connectivity index (χ4v) is 5.82. The van der Waals surface area contributed by atoms with Crippen molar-refractivity contribution in [2.45, 2.75) is 18.9 Å². The molecule has 5 rings (SSSR count). The van der Waals surface area contributed by atoms with Crippen LogP contribution in [-0.2, 0) is 10.3 Å². The highest BCUT2D eigenvalue weighted by Crippen LogP contribution is 2.63. The average molecular weight is 435 g/mol. The van der Waals surface area contributed by atoms with Gasteiger partial charge in [-0.3, -0.25) is 14.3 Å². The molecule has 0 bridgehead atoms. The van der Waals surface area contributed by atoms with E-state index in [-0.39, 0.29) is 11.4 Å². The largest absolute Gasteiger partial charge is 0.496 e. The SMILES string of the molecule is C=CC(=O)N1CC[C@@]2(C1)c1c(ccc(Cl)c1C)[N+]2(C)c1ccc2c(OC)ccnc2c1. The zero-order valence-electron chi connectivity index (χ0n) is 18.0. The van der Waals surface area contributed by atoms with Crippen LogP contribution >= 0.6 is 11.6 Å². The third kappa shape index (κ3) is 2.47. The number of hydrogen-bond acceptors (Lipinski definition) is 3. The highest BCUT2D eigenvalue weighted by atomic mass is 35.5. The van der Waals surface area contributed by atoms with Crippen LogP contribution in [0.25, 0.3) is 10.9 Å². The molecule has 1 saturated heterocycles. The quantitative estimate of drug-likeness (QED) is 0.425. The van der Waals surface area contributed by atoms with Gasteiger partial charge in [-0.1, -0.05) is 18.2 Å². The van der Waals surface area contributed by atoms with Gasteiger partial charge in [0, 0.05) is 47.8 Å². The maximum absolute atomic E-state index is 12.4. The highest BCUT2D eigenvalue weighted by Gasteiger charge is 2.67. The van der Waals surface area contributed by atoms with Crippen LogP contribution < -0.4 is 9.22 Å². The second kappa shape index (κ2) is 6.81. The van der Waals surface area contributed by atoms with Crippen molar-refractivity contribution in [2.24, 2.45) is 0 Å². The molecule has 3 aromatic rings. The molecule has 0 N–H and O–H groups in total. The first-order chi connectivity index (χ1) is 14.9. The number of methoxy groups -OCH3 is 1. The molecule has 3 heterocycles. The van der Waals surface area contributed by atoms with Crippen LogP contribution in [0.15, 0.2) is 55.3 Å². The first-order valence-corrected chi connectivity index (χ1v) is 10.8. The van der Waals surface area contributed by atoms with Crippen LogP contribution in [0.4, 0.5) is 11.4 Å². The van der Waals surface area contributed by atoms with Crippen molar-refractivity contribution in [3.63, 3.8) is 0 Å². The number of hydrogen-bond donors (Lipinski definition) is 0. The van der Waals surface area contributed by atoms with E-state index in [4.69, 9.17) is 16.3 Å². The Morgan fingerprint density at radius 2 is 2.13 bits per heavy atom. The lowest BCUT2D eigenvalue weighted by Gasteiger charge is -2.57. The molecule has 1 spiro atoms. The number of carbonyl (C=O) groups excluding carboxylic acids is 1. The zero-order valence-corrected chi connectivity index (χ0v) is 18.7. The Kier molecular flexibility index (Phi) is 4.40. The Morgan fingerprint density at radius 1 is 1.32 bits per heavy atom. The van der Waals surface area contributed by atoms with Gasteiger partial charge in [0.25, 0.3) is 0 Å². The molecule has 5 nitrogen and oxygen atoms in total. The highest BCUT2D eigenvalue weighted by molar-refractivity contribution is 6.31. The van der Waals surface area contributed by atoms with Gasteiger partial charge in [-0.25, -0.2) is 0 Å². The third-order valence-corrected chi connectivity index (χ3v) is 7.75. The number of nitrogens with zero attached hydrogens (tertiary/aromatic N) is 3. The summed E-state index contributed by atoms with van der Waals surface area (Å²) in [5, 5.41) is 1.75. The lowest BCUT2D eigenvalue weighted by atomic mass is 9.72. The number of likely N-dealkylation sites (N-methyl/N-ethyl adjacent to an activating group) is 1. The summed E-state index contributed by atoms with van der Waals surface area (Å²) in [5.74, 6) is 0.783. The maximum Gasteiger partial charge on any atom is 0.246 e. The summed E-state index contributed by atoms with van der Waals surface area (Å²) >= 11 is 6.53. The molecule has 1 aromatic heterocycles. The summed E-state index contributed by atoms with van der Waals surface area (Å²) in [5.41, 5.74) is 5.36. The first-order valence-electron chi connectivity index (χ1n) is 10.4. The second-order valence-corrected chi connectivity index (χ2v) is 8.94. The first kappa shape index (κ1) is 20.0. The summed E-state index contributed by atoms with van der Waals surface area (Å²) in [6.07, 6.45) is 4.04. The number of quaternary nitrogens is 1. The zero-order chi connectivity index (χ0) is 22.0. The number of likely N-dealkylation sites (tertiary alicyclic amines) is 1. The molecule has 0 aliphatic carbocycles. The normalized spacial score (nSPS) is 24.2. The number of benzene rings is 2. The summed E-state index contributed by atoms with van der Waals surface area (Å²) in [7, 11) is 3.91. The van der Waals surface area contributed by atoms with E-state index in [1.54, 1.807) is 13.3 Å². The smallest absolute Gasteiger partial charge is 0.246 e. The predicted octanol–water partition coefficient (Wildman–Crippen LogP) is 5.10. The van der Waals surface area contributed by atoms with Crippen molar-refractivity contribution >= 4 is 39.8 Å². The standard InChI is InChI=1S/C25H25ClN3O2/c1-5-23(30)28-13-11-25(15-28)24-16(2)19(26)8-9-21(24)29(25,3)17-6-7-18-20(14-17)27-12-10-22(18)31-4/h5-10,12,14H,1,11,13,15H2,2-4H3/q+1/t25-,29?/m1/s1. The minimum Gasteiger partial charge on any atom is -0.496 e. The van der Waals surface area contributed by atoms with E-state index in [2.05, 4.69) is 49.8 Å². The molecule has 6 heteroatoms. The van der Waals surface area contributed by atoms with Crippen LogP contribution in [-0.4, -0.2) is 43.0 Å². The molecule has 1 fully saturated rings. The molecule has 1 amide bonds. The number of fused-ring (bicyclic) bond motifs is 3. The molecular formula is C25H25ClN3O2+. The molecule has 2 aliphatic rings. The van der Waals surface area contributed by atoms with Crippen molar-refractivity contribution in [1.82, 2.24) is 14.4 Å². The number of amides is 1. The van der Waals surface area contributed by atoms with Crippen molar-refractivity contribution in [2.75, 3.05) is 27.2 Å². The summed E-state index contributed by atoms with van der Waals surface area (Å²) in [4.78, 5) is 18.9. The molecule has 2 atom stereocenters. The van der Waals surface area contributed by atoms with Crippen molar-refractivity contribution in [1.29, 1.82) is 0 Å². The number of pyridine rings is 1. The van der Waals surface area contributed by atoms with Gasteiger partial charge in [-0.05, 0) is 36.8 Å². The van der Waals surface area contributed by atoms with E-state index >= 15 is 0 Å². The van der Waals surface area contributed by atoms with Gasteiger partial charge >= 0.3 is 0 Å². The lowest BCUT2D eigenvalue weighted by molar-refractivity contribution is -0.125. The number of ether oxygens (including phenoxy) is 1. The lowest BCUT2D eigenvalue weighted by Crippen LogP contribution is -2.67. The minimum absolute atomic E-state index is 0.0264. The van der Waals surface area contributed by atoms with Gasteiger partial charge in [0.1, 0.15) is 17.1 Å². The van der Waals surface area contributed by atoms with E-state index in [0.29, 0.717) is 17.6 Å². The number of rotatable bonds is 3. The topological polar surface area (TPSA) is 42.4 Å². The number of carbonyl (C=O) groups is 1. The molecule has 0 saturated carbocycles. The van der Waals surface area contributed by atoms with E-state index in [9.17, 15) is 4.79 Å². The number of halogens is 1. The van der Waals surface area contributed by atoms with Crippen LogP contribution in [0.2, 0.25) is 5.02 Å². The summed E-state index contributed by atoms with van der Waals surface area (Å²) in [6.45, 7) is 7.09. The van der Waals surface area contributed by atoms with Crippen LogP contribution in [0.5, 0.6) is 5.75 Å². The second-order valence-electron chi connectivity index (χ2n) is 8.53. The molecule has 0 radical (unpaired) electrons. The number of aromatic nitrogens is 1. The van der Waals surface area contributed by atoms with E-state index in [1.165, 1.54) is 17.3 Å². The maximum atomic E-state index is 12.4. The van der Waals surface area contributed by atoms with Crippen LogP contribution in [0.1, 0.15) is 17.5 Å². The average Bonchev–Trinajstić information content (AvgIpc) is 3.27. The molecule has 2 aromatic carbocycles. The van der Waals surface area contributed by atoms with Crippen molar-refractivity contribution < 1.29 is 9.53 Å². The van der Waals surface area contributed by atoms with Gasteiger partial charge in [0.05, 0.1) is 31.8 Å². The molecule has 158 valence electrons. The van der Waals surface area contributed by atoms with Gasteiger partial charge in [0.2, 0.25) is 5.91 Å². The fourth-order valence-electron chi connectivity index (χ4n) is 5.67. The fraction of sp³-hybridized carbons (Fsp3) is 0.280. The van der Waals surface area contributed by atoms with E-state index in [0.717, 1.165) is 39.3 Å². The molecule has 31 heavy (non-hydrogen) atoms. The Morgan fingerprint density at radius 3 is 2.87 bits per heavy atom. The van der Waals surface area contributed by atoms with Gasteiger partial charge < -0.3 is 9.64 Å².